The van der Waals surface area contributed by atoms with Crippen molar-refractivity contribution in [3.63, 3.8) is 0 Å². The lowest BCUT2D eigenvalue weighted by molar-refractivity contribution is -0.120. The van der Waals surface area contributed by atoms with Gasteiger partial charge in [0.15, 0.2) is 0 Å². The van der Waals surface area contributed by atoms with Crippen molar-refractivity contribution >= 4 is 29.1 Å². The predicted molar refractivity (Wildman–Crippen MR) is 120 cm³/mol. The highest BCUT2D eigenvalue weighted by Crippen LogP contribution is 2.34. The number of fused-ring (bicyclic) bond motifs is 2. The summed E-state index contributed by atoms with van der Waals surface area (Å²) in [4.78, 5) is 27.6. The Kier molecular flexibility index (Phi) is 6.40. The van der Waals surface area contributed by atoms with E-state index in [0.29, 0.717) is 34.9 Å². The van der Waals surface area contributed by atoms with E-state index < -0.39 is 0 Å². The Bertz CT molecular complexity index is 901. The summed E-state index contributed by atoms with van der Waals surface area (Å²) < 4.78 is 0. The lowest BCUT2D eigenvalue weighted by Gasteiger charge is -2.48. The molecule has 2 aromatic carbocycles. The van der Waals surface area contributed by atoms with Gasteiger partial charge in [0.2, 0.25) is 5.91 Å². The lowest BCUT2D eigenvalue weighted by Crippen LogP contribution is -2.58. The molecule has 2 aromatic rings. The highest BCUT2D eigenvalue weighted by molar-refractivity contribution is 6.33. The first-order chi connectivity index (χ1) is 14.5. The molecule has 5 nitrogen and oxygen atoms in total. The topological polar surface area (TPSA) is 61.4 Å². The number of para-hydroxylation sites is 1. The van der Waals surface area contributed by atoms with Crippen LogP contribution >= 0.6 is 11.6 Å². The first-order valence-electron chi connectivity index (χ1n) is 10.7. The largest absolute Gasteiger partial charge is 0.349 e. The van der Waals surface area contributed by atoms with Crippen molar-refractivity contribution in [2.24, 2.45) is 0 Å². The van der Waals surface area contributed by atoms with Crippen LogP contribution in [0.4, 0.5) is 5.69 Å². The zero-order valence-electron chi connectivity index (χ0n) is 17.2. The highest BCUT2D eigenvalue weighted by Gasteiger charge is 2.39. The molecule has 0 spiro atoms. The zero-order valence-corrected chi connectivity index (χ0v) is 18.0. The molecule has 0 aromatic heterocycles. The van der Waals surface area contributed by atoms with Crippen LogP contribution in [0.2, 0.25) is 5.02 Å². The molecule has 6 heteroatoms. The molecule has 0 aliphatic carbocycles. The molecule has 2 bridgehead atoms. The van der Waals surface area contributed by atoms with E-state index in [9.17, 15) is 9.59 Å². The molecule has 2 aliphatic rings. The number of piperidine rings is 2. The Morgan fingerprint density at radius 3 is 2.37 bits per heavy atom. The molecule has 0 saturated carbocycles. The summed E-state index contributed by atoms with van der Waals surface area (Å²) in [6.07, 6.45) is 5.07. The van der Waals surface area contributed by atoms with Crippen molar-refractivity contribution in [2.75, 3.05) is 11.9 Å². The van der Waals surface area contributed by atoms with Gasteiger partial charge in [0.1, 0.15) is 0 Å². The molecule has 158 valence electrons. The number of nitrogens with one attached hydrogen (secondary N) is 2. The normalized spacial score (nSPS) is 23.6. The van der Waals surface area contributed by atoms with Crippen molar-refractivity contribution in [3.05, 3.63) is 64.7 Å². The Labute approximate surface area is 182 Å². The number of benzene rings is 2. The fourth-order valence-corrected chi connectivity index (χ4v) is 4.93. The molecule has 2 fully saturated rings. The summed E-state index contributed by atoms with van der Waals surface area (Å²) in [6, 6.07) is 15.7. The van der Waals surface area contributed by atoms with Gasteiger partial charge in [0, 0.05) is 23.7 Å². The number of aryl methyl sites for hydroxylation is 1. The van der Waals surface area contributed by atoms with Gasteiger partial charge in [0.05, 0.1) is 17.3 Å². The van der Waals surface area contributed by atoms with E-state index in [2.05, 4.69) is 15.5 Å². The number of carbonyl (C=O) groups is 2. The number of anilines is 1. The number of hydrogen-bond acceptors (Lipinski definition) is 3. The van der Waals surface area contributed by atoms with Gasteiger partial charge in [-0.15, -0.1) is 0 Å². The third-order valence-corrected chi connectivity index (χ3v) is 6.58. The summed E-state index contributed by atoms with van der Waals surface area (Å²) in [7, 11) is 0. The van der Waals surface area contributed by atoms with Gasteiger partial charge in [-0.1, -0.05) is 47.9 Å². The number of halogens is 1. The molecule has 2 unspecified atom stereocenters. The molecule has 2 atom stereocenters. The fourth-order valence-electron chi connectivity index (χ4n) is 4.75. The summed E-state index contributed by atoms with van der Waals surface area (Å²) in [5.41, 5.74) is 2.49. The van der Waals surface area contributed by atoms with Crippen molar-refractivity contribution in [3.8, 4) is 0 Å². The Hall–Kier alpha value is -2.37. The number of rotatable bonds is 5. The first-order valence-corrected chi connectivity index (χ1v) is 11.0. The average molecular weight is 426 g/mol. The molecule has 0 radical (unpaired) electrons. The molecular formula is C24H28ClN3O2. The molecule has 2 saturated heterocycles. The Balaban J connectivity index is 1.36. The average Bonchev–Trinajstić information content (AvgIpc) is 2.71. The van der Waals surface area contributed by atoms with E-state index in [1.54, 1.807) is 6.07 Å². The number of hydrogen-bond donors (Lipinski definition) is 2. The summed E-state index contributed by atoms with van der Waals surface area (Å²) in [6.45, 7) is 2.37. The maximum Gasteiger partial charge on any atom is 0.251 e. The highest BCUT2D eigenvalue weighted by atomic mass is 35.5. The second-order valence-electron chi connectivity index (χ2n) is 8.45. The van der Waals surface area contributed by atoms with E-state index >= 15 is 0 Å². The number of nitrogens with zero attached hydrogens (tertiary/aromatic N) is 1. The van der Waals surface area contributed by atoms with Gasteiger partial charge in [-0.2, -0.15) is 0 Å². The van der Waals surface area contributed by atoms with E-state index in [0.717, 1.165) is 31.2 Å². The van der Waals surface area contributed by atoms with Gasteiger partial charge < -0.3 is 10.6 Å². The van der Waals surface area contributed by atoms with Crippen molar-refractivity contribution < 1.29 is 9.59 Å². The second-order valence-corrected chi connectivity index (χ2v) is 8.85. The third kappa shape index (κ3) is 4.85. The minimum Gasteiger partial charge on any atom is -0.349 e. The van der Waals surface area contributed by atoms with E-state index in [1.165, 1.54) is 6.42 Å². The van der Waals surface area contributed by atoms with Crippen LogP contribution in [0.1, 0.15) is 48.0 Å². The molecule has 2 N–H and O–H groups in total. The maximum absolute atomic E-state index is 12.7. The maximum atomic E-state index is 12.7. The minimum atomic E-state index is -0.0397. The molecule has 2 amide bonds. The van der Waals surface area contributed by atoms with E-state index in [1.807, 2.05) is 49.4 Å². The van der Waals surface area contributed by atoms with E-state index in [-0.39, 0.29) is 17.9 Å². The van der Waals surface area contributed by atoms with Crippen LogP contribution < -0.4 is 10.6 Å². The fraction of sp³-hybridized carbons (Fsp3) is 0.417. The van der Waals surface area contributed by atoms with Crippen LogP contribution in [0.15, 0.2) is 48.5 Å². The standard InChI is InChI=1S/C24H28ClN3O2/c1-16-9-11-17(12-10-16)24(30)26-18-13-19-5-4-6-20(14-18)28(19)15-23(29)27-22-8-3-2-7-21(22)25/h2-3,7-12,18-20H,4-6,13-15H2,1H3,(H,26,30)(H,27,29). The Morgan fingerprint density at radius 2 is 1.70 bits per heavy atom. The summed E-state index contributed by atoms with van der Waals surface area (Å²) in [5, 5.41) is 6.70. The van der Waals surface area contributed by atoms with Gasteiger partial charge in [-0.05, 0) is 56.9 Å². The van der Waals surface area contributed by atoms with Crippen LogP contribution in [0.25, 0.3) is 0 Å². The molecule has 4 rings (SSSR count). The SMILES string of the molecule is Cc1ccc(C(=O)NC2CC3CCCC(C2)N3CC(=O)Nc2ccccc2Cl)cc1. The van der Waals surface area contributed by atoms with Gasteiger partial charge in [0.25, 0.3) is 5.91 Å². The quantitative estimate of drug-likeness (QED) is 0.746. The van der Waals surface area contributed by atoms with Crippen LogP contribution in [0, 0.1) is 6.92 Å². The molecule has 2 aliphatic heterocycles. The smallest absolute Gasteiger partial charge is 0.251 e. The second kappa shape index (κ2) is 9.19. The van der Waals surface area contributed by atoms with Gasteiger partial charge >= 0.3 is 0 Å². The van der Waals surface area contributed by atoms with Crippen LogP contribution in [0.5, 0.6) is 0 Å². The minimum absolute atomic E-state index is 0.0111. The van der Waals surface area contributed by atoms with Gasteiger partial charge in [-0.25, -0.2) is 0 Å². The Morgan fingerprint density at radius 1 is 1.03 bits per heavy atom. The number of amides is 2. The van der Waals surface area contributed by atoms with Crippen LogP contribution in [-0.2, 0) is 4.79 Å². The first kappa shape index (κ1) is 20.9. The predicted octanol–water partition coefficient (Wildman–Crippen LogP) is 4.40. The van der Waals surface area contributed by atoms with E-state index in [4.69, 9.17) is 11.6 Å². The monoisotopic (exact) mass is 425 g/mol. The van der Waals surface area contributed by atoms with Crippen molar-refractivity contribution in [1.82, 2.24) is 10.2 Å². The zero-order chi connectivity index (χ0) is 21.1. The van der Waals surface area contributed by atoms with Crippen molar-refractivity contribution in [1.29, 1.82) is 0 Å². The lowest BCUT2D eigenvalue weighted by atomic mass is 9.81. The third-order valence-electron chi connectivity index (χ3n) is 6.25. The summed E-state index contributed by atoms with van der Waals surface area (Å²) in [5.74, 6) is -0.0508. The van der Waals surface area contributed by atoms with Crippen LogP contribution in [0.3, 0.4) is 0 Å². The molecule has 2 heterocycles. The molecular weight excluding hydrogens is 398 g/mol. The molecule has 30 heavy (non-hydrogen) atoms. The van der Waals surface area contributed by atoms with Crippen LogP contribution in [-0.4, -0.2) is 41.4 Å². The van der Waals surface area contributed by atoms with Crippen molar-refractivity contribution in [2.45, 2.75) is 57.2 Å². The van der Waals surface area contributed by atoms with Gasteiger partial charge in [-0.3, -0.25) is 14.5 Å². The summed E-state index contributed by atoms with van der Waals surface area (Å²) >= 11 is 6.17. The number of carbonyl (C=O) groups excluding carboxylic acids is 2.